The first kappa shape index (κ1) is 16.2. The van der Waals surface area contributed by atoms with Gasteiger partial charge in [-0.1, -0.05) is 25.7 Å². The van der Waals surface area contributed by atoms with Crippen LogP contribution in [0.15, 0.2) is 0 Å². The van der Waals surface area contributed by atoms with Crippen molar-refractivity contribution in [1.29, 1.82) is 0 Å². The van der Waals surface area contributed by atoms with Crippen molar-refractivity contribution in [3.05, 3.63) is 0 Å². The maximum absolute atomic E-state index is 12.3. The Labute approximate surface area is 126 Å². The highest BCUT2D eigenvalue weighted by molar-refractivity contribution is 5.84. The molecule has 0 aromatic carbocycles. The molecule has 0 radical (unpaired) electrons. The monoisotopic (exact) mass is 297 g/mol. The molecule has 0 unspecified atom stereocenters. The Morgan fingerprint density at radius 3 is 2.14 bits per heavy atom. The summed E-state index contributed by atoms with van der Waals surface area (Å²) in [4.78, 5) is 26.2. The van der Waals surface area contributed by atoms with Gasteiger partial charge in [0.25, 0.3) is 0 Å². The van der Waals surface area contributed by atoms with Gasteiger partial charge in [0.15, 0.2) is 0 Å². The van der Waals surface area contributed by atoms with Crippen LogP contribution in [0.3, 0.4) is 0 Å². The van der Waals surface area contributed by atoms with Gasteiger partial charge in [0, 0.05) is 32.6 Å². The minimum atomic E-state index is -0.854. The Bertz CT molecular complexity index is 370. The number of hydrogen-bond acceptors (Lipinski definition) is 4. The number of hydrogen-bond donors (Lipinski definition) is 2. The molecule has 1 aliphatic carbocycles. The molecular weight excluding hydrogens is 270 g/mol. The molecule has 6 nitrogen and oxygen atoms in total. The lowest BCUT2D eigenvalue weighted by Gasteiger charge is -2.34. The second-order valence-corrected chi connectivity index (χ2v) is 6.50. The van der Waals surface area contributed by atoms with E-state index in [1.54, 1.807) is 0 Å². The van der Waals surface area contributed by atoms with Crippen LogP contribution < -0.4 is 5.43 Å². The van der Waals surface area contributed by atoms with Crippen LogP contribution in [-0.4, -0.2) is 60.1 Å². The zero-order valence-electron chi connectivity index (χ0n) is 12.9. The number of aliphatic carboxylic acids is 1. The maximum Gasteiger partial charge on any atom is 0.310 e. The lowest BCUT2D eigenvalue weighted by atomic mass is 9.77. The fraction of sp³-hybridized carbons (Fsp3) is 0.867. The van der Waals surface area contributed by atoms with E-state index in [4.69, 9.17) is 0 Å². The Balaban J connectivity index is 1.90. The first-order valence-electron chi connectivity index (χ1n) is 7.98. The summed E-state index contributed by atoms with van der Waals surface area (Å²) in [7, 11) is 2.06. The van der Waals surface area contributed by atoms with E-state index in [1.165, 1.54) is 0 Å². The number of piperazine rings is 1. The van der Waals surface area contributed by atoms with Gasteiger partial charge in [-0.05, 0) is 19.9 Å². The molecule has 0 atom stereocenters. The molecule has 2 fully saturated rings. The van der Waals surface area contributed by atoms with Crippen LogP contribution in [0.25, 0.3) is 0 Å². The minimum absolute atomic E-state index is 0.106. The maximum atomic E-state index is 12.3. The average molecular weight is 297 g/mol. The van der Waals surface area contributed by atoms with Gasteiger partial charge >= 0.3 is 5.97 Å². The lowest BCUT2D eigenvalue weighted by Crippen LogP contribution is -2.53. The van der Waals surface area contributed by atoms with Crippen LogP contribution >= 0.6 is 0 Å². The molecule has 6 heteroatoms. The summed E-state index contributed by atoms with van der Waals surface area (Å²) >= 11 is 0. The molecule has 21 heavy (non-hydrogen) atoms. The summed E-state index contributed by atoms with van der Waals surface area (Å²) in [6.45, 7) is 3.43. The summed E-state index contributed by atoms with van der Waals surface area (Å²) in [6.07, 6.45) is 5.33. The third kappa shape index (κ3) is 4.41. The Morgan fingerprint density at radius 1 is 1.05 bits per heavy atom. The summed E-state index contributed by atoms with van der Waals surface area (Å²) < 4.78 is 0. The third-order valence-electron chi connectivity index (χ3n) is 4.80. The summed E-state index contributed by atoms with van der Waals surface area (Å²) in [6, 6.07) is 0. The second-order valence-electron chi connectivity index (χ2n) is 6.50. The molecule has 1 saturated carbocycles. The molecule has 2 rings (SSSR count). The predicted molar refractivity (Wildman–Crippen MR) is 79.6 cm³/mol. The standard InChI is InChI=1S/C15H27N3O3/c1-17-8-10-18(11-9-17)16-13(19)12-15(14(20)21)6-4-2-3-5-7-15/h2-12H2,1H3,(H,16,19)(H,20,21). The van der Waals surface area contributed by atoms with Gasteiger partial charge in [0.05, 0.1) is 5.41 Å². The van der Waals surface area contributed by atoms with E-state index >= 15 is 0 Å². The van der Waals surface area contributed by atoms with E-state index in [0.29, 0.717) is 12.8 Å². The smallest absolute Gasteiger partial charge is 0.310 e. The van der Waals surface area contributed by atoms with Crippen LogP contribution in [0, 0.1) is 5.41 Å². The van der Waals surface area contributed by atoms with Gasteiger partial charge in [-0.25, -0.2) is 5.01 Å². The number of likely N-dealkylation sites (N-methyl/N-ethyl adjacent to an activating group) is 1. The highest BCUT2D eigenvalue weighted by Crippen LogP contribution is 2.38. The summed E-state index contributed by atoms with van der Waals surface area (Å²) in [5.41, 5.74) is 2.04. The predicted octanol–water partition coefficient (Wildman–Crippen LogP) is 1.08. The van der Waals surface area contributed by atoms with Crippen LogP contribution in [0.1, 0.15) is 44.9 Å². The Morgan fingerprint density at radius 2 is 1.62 bits per heavy atom. The van der Waals surface area contributed by atoms with E-state index in [-0.39, 0.29) is 12.3 Å². The zero-order chi connectivity index (χ0) is 15.3. The Hall–Kier alpha value is -1.14. The highest BCUT2D eigenvalue weighted by Gasteiger charge is 2.40. The molecule has 1 heterocycles. The first-order chi connectivity index (χ1) is 10.0. The van der Waals surface area contributed by atoms with Crippen molar-refractivity contribution in [3.63, 3.8) is 0 Å². The second kappa shape index (κ2) is 7.22. The molecule has 1 aliphatic heterocycles. The number of carboxylic acid groups (broad SMARTS) is 1. The van der Waals surface area contributed by atoms with Gasteiger partial charge in [-0.3, -0.25) is 15.0 Å². The van der Waals surface area contributed by atoms with Gasteiger partial charge in [0.2, 0.25) is 5.91 Å². The van der Waals surface area contributed by atoms with Crippen LogP contribution in [0.2, 0.25) is 0 Å². The van der Waals surface area contributed by atoms with Gasteiger partial charge < -0.3 is 10.0 Å². The van der Waals surface area contributed by atoms with Gasteiger partial charge in [-0.15, -0.1) is 0 Å². The number of carboxylic acids is 1. The molecule has 0 spiro atoms. The molecule has 2 aliphatic rings. The molecule has 2 N–H and O–H groups in total. The van der Waals surface area contributed by atoms with Gasteiger partial charge in [-0.2, -0.15) is 0 Å². The number of carbonyl (C=O) groups excluding carboxylic acids is 1. The SMILES string of the molecule is CN1CCN(NC(=O)CC2(C(=O)O)CCCCCC2)CC1. The van der Waals surface area contributed by atoms with Crippen LogP contribution in [0.5, 0.6) is 0 Å². The number of hydrazine groups is 1. The normalized spacial score (nSPS) is 24.2. The minimum Gasteiger partial charge on any atom is -0.481 e. The fourth-order valence-corrected chi connectivity index (χ4v) is 3.31. The summed E-state index contributed by atoms with van der Waals surface area (Å²) in [5.74, 6) is -0.957. The quantitative estimate of drug-likeness (QED) is 0.760. The van der Waals surface area contributed by atoms with Crippen molar-refractivity contribution in [3.8, 4) is 0 Å². The molecule has 0 aromatic rings. The van der Waals surface area contributed by atoms with E-state index < -0.39 is 11.4 Å². The molecular formula is C15H27N3O3. The first-order valence-corrected chi connectivity index (χ1v) is 7.98. The van der Waals surface area contributed by atoms with E-state index in [1.807, 2.05) is 5.01 Å². The van der Waals surface area contributed by atoms with Crippen molar-refractivity contribution in [2.45, 2.75) is 44.9 Å². The number of nitrogens with one attached hydrogen (secondary N) is 1. The highest BCUT2D eigenvalue weighted by atomic mass is 16.4. The van der Waals surface area contributed by atoms with E-state index in [0.717, 1.165) is 51.9 Å². The number of amides is 1. The van der Waals surface area contributed by atoms with Crippen LogP contribution in [0.4, 0.5) is 0 Å². The summed E-state index contributed by atoms with van der Waals surface area (Å²) in [5, 5.41) is 11.5. The third-order valence-corrected chi connectivity index (χ3v) is 4.80. The molecule has 1 saturated heterocycles. The van der Waals surface area contributed by atoms with Gasteiger partial charge in [0.1, 0.15) is 0 Å². The zero-order valence-corrected chi connectivity index (χ0v) is 12.9. The molecule has 1 amide bonds. The molecule has 0 bridgehead atoms. The number of rotatable bonds is 4. The lowest BCUT2D eigenvalue weighted by molar-refractivity contribution is -0.153. The van der Waals surface area contributed by atoms with Crippen molar-refractivity contribution < 1.29 is 14.7 Å². The number of nitrogens with zero attached hydrogens (tertiary/aromatic N) is 2. The topological polar surface area (TPSA) is 72.9 Å². The molecule has 120 valence electrons. The van der Waals surface area contributed by atoms with E-state index in [2.05, 4.69) is 17.4 Å². The Kier molecular flexibility index (Phi) is 5.58. The van der Waals surface area contributed by atoms with E-state index in [9.17, 15) is 14.7 Å². The van der Waals surface area contributed by atoms with Crippen molar-refractivity contribution >= 4 is 11.9 Å². The van der Waals surface area contributed by atoms with Crippen molar-refractivity contribution in [2.24, 2.45) is 5.41 Å². The van der Waals surface area contributed by atoms with Crippen molar-refractivity contribution in [1.82, 2.24) is 15.3 Å². The van der Waals surface area contributed by atoms with Crippen molar-refractivity contribution in [2.75, 3.05) is 33.2 Å². The number of carbonyl (C=O) groups is 2. The average Bonchev–Trinajstić information content (AvgIpc) is 2.68. The fourth-order valence-electron chi connectivity index (χ4n) is 3.31. The largest absolute Gasteiger partial charge is 0.481 e. The molecule has 0 aromatic heterocycles. The van der Waals surface area contributed by atoms with Crippen LogP contribution in [-0.2, 0) is 9.59 Å².